The Balaban J connectivity index is 1.32. The molecule has 0 aliphatic heterocycles. The number of carboxylic acids is 1. The molecule has 7 nitrogen and oxygen atoms in total. The number of benzene rings is 2. The second-order valence-electron chi connectivity index (χ2n) is 9.87. The molecule has 0 aromatic heterocycles. The first kappa shape index (κ1) is 24.8. The minimum Gasteiger partial charge on any atom is -0.481 e. The van der Waals surface area contributed by atoms with Gasteiger partial charge in [-0.15, -0.1) is 0 Å². The molecule has 1 fully saturated rings. The van der Waals surface area contributed by atoms with Crippen LogP contribution in [0, 0.1) is 5.41 Å². The van der Waals surface area contributed by atoms with Crippen molar-refractivity contribution < 1.29 is 24.2 Å². The predicted molar refractivity (Wildman–Crippen MR) is 133 cm³/mol. The third kappa shape index (κ3) is 5.19. The van der Waals surface area contributed by atoms with Crippen LogP contribution in [0.5, 0.6) is 0 Å². The molecule has 1 saturated carbocycles. The Morgan fingerprint density at radius 2 is 1.69 bits per heavy atom. The molecule has 0 radical (unpaired) electrons. The van der Waals surface area contributed by atoms with Crippen LogP contribution in [0.1, 0.15) is 69.4 Å². The quantitative estimate of drug-likeness (QED) is 0.503. The minimum atomic E-state index is -0.962. The van der Waals surface area contributed by atoms with Crippen molar-refractivity contribution in [3.63, 3.8) is 0 Å². The predicted octanol–water partition coefficient (Wildman–Crippen LogP) is 4.84. The summed E-state index contributed by atoms with van der Waals surface area (Å²) in [6, 6.07) is 15.5. The van der Waals surface area contributed by atoms with Crippen molar-refractivity contribution in [1.29, 1.82) is 0 Å². The SMILES string of the molecule is CCC(CC(=O)NC1CCCCC1(C)C(=O)O)NC(=O)OCC1c2ccccc2-c2ccccc21. The molecule has 7 heteroatoms. The Labute approximate surface area is 206 Å². The van der Waals surface area contributed by atoms with Gasteiger partial charge >= 0.3 is 12.1 Å². The third-order valence-electron chi connectivity index (χ3n) is 7.62. The van der Waals surface area contributed by atoms with E-state index in [4.69, 9.17) is 4.74 Å². The molecule has 0 bridgehead atoms. The number of amides is 2. The summed E-state index contributed by atoms with van der Waals surface area (Å²) in [6.07, 6.45) is 3.00. The van der Waals surface area contributed by atoms with Crippen LogP contribution in [0.25, 0.3) is 11.1 Å². The minimum absolute atomic E-state index is 0.0310. The molecule has 2 aliphatic carbocycles. The van der Waals surface area contributed by atoms with E-state index in [9.17, 15) is 19.5 Å². The maximum absolute atomic E-state index is 12.7. The first-order chi connectivity index (χ1) is 16.8. The Kier molecular flexibility index (Phi) is 7.43. The summed E-state index contributed by atoms with van der Waals surface area (Å²) >= 11 is 0. The summed E-state index contributed by atoms with van der Waals surface area (Å²) in [4.78, 5) is 37.1. The number of ether oxygens (including phenoxy) is 1. The lowest BCUT2D eigenvalue weighted by molar-refractivity contribution is -0.152. The van der Waals surface area contributed by atoms with Crippen molar-refractivity contribution >= 4 is 18.0 Å². The van der Waals surface area contributed by atoms with Crippen LogP contribution in [0.4, 0.5) is 4.79 Å². The number of carbonyl (C=O) groups is 3. The van der Waals surface area contributed by atoms with E-state index in [-0.39, 0.29) is 24.9 Å². The van der Waals surface area contributed by atoms with Crippen molar-refractivity contribution in [1.82, 2.24) is 10.6 Å². The number of aliphatic carboxylic acids is 1. The molecule has 2 amide bonds. The fourth-order valence-electron chi connectivity index (χ4n) is 5.40. The van der Waals surface area contributed by atoms with Crippen LogP contribution in [0.2, 0.25) is 0 Å². The summed E-state index contributed by atoms with van der Waals surface area (Å²) in [5, 5.41) is 15.4. The highest BCUT2D eigenvalue weighted by molar-refractivity contribution is 5.81. The van der Waals surface area contributed by atoms with Crippen molar-refractivity contribution in [2.45, 2.75) is 70.4 Å². The lowest BCUT2D eigenvalue weighted by Crippen LogP contribution is -2.53. The monoisotopic (exact) mass is 478 g/mol. The first-order valence-electron chi connectivity index (χ1n) is 12.5. The molecule has 0 saturated heterocycles. The van der Waals surface area contributed by atoms with E-state index in [0.717, 1.165) is 35.1 Å². The molecule has 2 aromatic rings. The molecule has 2 aromatic carbocycles. The van der Waals surface area contributed by atoms with Gasteiger partial charge in [0, 0.05) is 24.4 Å². The van der Waals surface area contributed by atoms with Gasteiger partial charge in [0.2, 0.25) is 5.91 Å². The first-order valence-corrected chi connectivity index (χ1v) is 12.5. The number of carbonyl (C=O) groups excluding carboxylic acids is 2. The molecule has 35 heavy (non-hydrogen) atoms. The summed E-state index contributed by atoms with van der Waals surface area (Å²) in [5.74, 6) is -1.17. The Hall–Kier alpha value is -3.35. The zero-order valence-corrected chi connectivity index (χ0v) is 20.4. The molecule has 186 valence electrons. The summed E-state index contributed by atoms with van der Waals surface area (Å²) in [5.41, 5.74) is 3.65. The molecule has 0 heterocycles. The average molecular weight is 479 g/mol. The molecule has 4 rings (SSSR count). The van der Waals surface area contributed by atoms with Gasteiger partial charge in [-0.25, -0.2) is 4.79 Å². The fourth-order valence-corrected chi connectivity index (χ4v) is 5.40. The highest BCUT2D eigenvalue weighted by Gasteiger charge is 2.44. The Bertz CT molecular complexity index is 1050. The van der Waals surface area contributed by atoms with Crippen LogP contribution in [-0.4, -0.2) is 41.8 Å². The van der Waals surface area contributed by atoms with E-state index in [1.165, 1.54) is 0 Å². The standard InChI is InChI=1S/C28H34N2O5/c1-3-18(16-25(31)30-24-14-8-9-15-28(24,2)26(32)33)29-27(34)35-17-23-21-12-6-4-10-19(21)20-11-5-7-13-22(20)23/h4-7,10-13,18,23-24H,3,8-9,14-17H2,1-2H3,(H,29,34)(H,30,31)(H,32,33). The highest BCUT2D eigenvalue weighted by Crippen LogP contribution is 2.44. The van der Waals surface area contributed by atoms with E-state index in [1.807, 2.05) is 31.2 Å². The third-order valence-corrected chi connectivity index (χ3v) is 7.62. The van der Waals surface area contributed by atoms with Crippen LogP contribution in [0.15, 0.2) is 48.5 Å². The number of carboxylic acid groups (broad SMARTS) is 1. The molecule has 3 atom stereocenters. The van der Waals surface area contributed by atoms with Gasteiger partial charge in [0.1, 0.15) is 6.61 Å². The van der Waals surface area contributed by atoms with Crippen molar-refractivity contribution in [2.75, 3.05) is 6.61 Å². The fraction of sp³-hybridized carbons (Fsp3) is 0.464. The zero-order chi connectivity index (χ0) is 25.0. The van der Waals surface area contributed by atoms with Gasteiger partial charge in [-0.05, 0) is 48.4 Å². The Morgan fingerprint density at radius 3 is 2.29 bits per heavy atom. The second-order valence-corrected chi connectivity index (χ2v) is 9.87. The lowest BCUT2D eigenvalue weighted by Gasteiger charge is -2.38. The average Bonchev–Trinajstić information content (AvgIpc) is 3.17. The number of hydrogen-bond acceptors (Lipinski definition) is 4. The van der Waals surface area contributed by atoms with Crippen LogP contribution in [0.3, 0.4) is 0 Å². The molecule has 3 unspecified atom stereocenters. The van der Waals surface area contributed by atoms with E-state index in [1.54, 1.807) is 6.92 Å². The molecule has 0 spiro atoms. The van der Waals surface area contributed by atoms with Gasteiger partial charge in [0.15, 0.2) is 0 Å². The molecular weight excluding hydrogens is 444 g/mol. The summed E-state index contributed by atoms with van der Waals surface area (Å²) in [7, 11) is 0. The maximum atomic E-state index is 12.7. The maximum Gasteiger partial charge on any atom is 0.407 e. The highest BCUT2D eigenvalue weighted by atomic mass is 16.5. The van der Waals surface area contributed by atoms with Crippen molar-refractivity contribution in [3.05, 3.63) is 59.7 Å². The van der Waals surface area contributed by atoms with Crippen LogP contribution in [-0.2, 0) is 14.3 Å². The second kappa shape index (κ2) is 10.5. The number of alkyl carbamates (subject to hydrolysis) is 1. The van der Waals surface area contributed by atoms with Gasteiger partial charge in [-0.3, -0.25) is 9.59 Å². The molecule has 2 aliphatic rings. The number of nitrogens with one attached hydrogen (secondary N) is 2. The largest absolute Gasteiger partial charge is 0.481 e. The van der Waals surface area contributed by atoms with Crippen molar-refractivity contribution in [2.24, 2.45) is 5.41 Å². The Morgan fingerprint density at radius 1 is 1.06 bits per heavy atom. The molecule has 3 N–H and O–H groups in total. The number of fused-ring (bicyclic) bond motifs is 3. The smallest absolute Gasteiger partial charge is 0.407 e. The zero-order valence-electron chi connectivity index (χ0n) is 20.4. The van der Waals surface area contributed by atoms with Gasteiger partial charge in [-0.1, -0.05) is 68.3 Å². The summed E-state index contributed by atoms with van der Waals surface area (Å²) < 4.78 is 5.61. The molecular formula is C28H34N2O5. The van der Waals surface area contributed by atoms with E-state index < -0.39 is 29.6 Å². The normalized spacial score (nSPS) is 21.9. The van der Waals surface area contributed by atoms with E-state index >= 15 is 0 Å². The van der Waals surface area contributed by atoms with Crippen molar-refractivity contribution in [3.8, 4) is 11.1 Å². The van der Waals surface area contributed by atoms with E-state index in [2.05, 4.69) is 34.9 Å². The topological polar surface area (TPSA) is 105 Å². The van der Waals surface area contributed by atoms with Gasteiger partial charge in [0.05, 0.1) is 5.41 Å². The van der Waals surface area contributed by atoms with Gasteiger partial charge in [-0.2, -0.15) is 0 Å². The number of hydrogen-bond donors (Lipinski definition) is 3. The lowest BCUT2D eigenvalue weighted by atomic mass is 9.71. The number of rotatable bonds is 8. The van der Waals surface area contributed by atoms with E-state index in [0.29, 0.717) is 19.3 Å². The summed E-state index contributed by atoms with van der Waals surface area (Å²) in [6.45, 7) is 3.80. The van der Waals surface area contributed by atoms with Crippen LogP contribution >= 0.6 is 0 Å². The van der Waals surface area contributed by atoms with Gasteiger partial charge in [0.25, 0.3) is 0 Å². The van der Waals surface area contributed by atoms with Gasteiger partial charge < -0.3 is 20.5 Å². The van der Waals surface area contributed by atoms with Crippen LogP contribution < -0.4 is 10.6 Å².